The number of aryl methyl sites for hydroxylation is 1. The second-order valence-corrected chi connectivity index (χ2v) is 10.3. The van der Waals surface area contributed by atoms with E-state index in [1.54, 1.807) is 13.3 Å². The van der Waals surface area contributed by atoms with Crippen molar-refractivity contribution in [2.45, 2.75) is 25.4 Å². The van der Waals surface area contributed by atoms with Crippen LogP contribution in [0.15, 0.2) is 61.3 Å². The summed E-state index contributed by atoms with van der Waals surface area (Å²) in [6.07, 6.45) is 5.22. The van der Waals surface area contributed by atoms with Crippen LogP contribution in [0.2, 0.25) is 0 Å². The average molecular weight is 524 g/mol. The van der Waals surface area contributed by atoms with E-state index in [4.69, 9.17) is 9.72 Å². The molecule has 2 aliphatic rings. The summed E-state index contributed by atoms with van der Waals surface area (Å²) < 4.78 is 8.18. The number of hydrogen-bond donors (Lipinski definition) is 2. The zero-order valence-electron chi connectivity index (χ0n) is 22.6. The first kappa shape index (κ1) is 24.9. The standard InChI is InChI=1S/C30H33N7O2/c1-5-28(38)32-22-15-23(27(39-4)16-26(22)36-17-19(18-36)35(2)3)34-30-31-13-12-21(33-30)29-20-9-6-7-10-24(20)37-14-8-11-25(29)37/h5-7,9-10,12-13,15-16,19H,1,8,11,14,17-18H2,2-4H3,(H,32,38)(H,31,33,34). The van der Waals surface area contributed by atoms with Crippen LogP contribution in [0.4, 0.5) is 23.0 Å². The van der Waals surface area contributed by atoms with Crippen LogP contribution in [0.5, 0.6) is 5.75 Å². The van der Waals surface area contributed by atoms with Gasteiger partial charge in [0, 0.05) is 60.1 Å². The number of amides is 1. The Morgan fingerprint density at radius 2 is 2.00 bits per heavy atom. The molecule has 0 unspecified atom stereocenters. The molecule has 1 fully saturated rings. The number of likely N-dealkylation sites (N-methyl/N-ethyl adjacent to an activating group) is 1. The van der Waals surface area contributed by atoms with E-state index in [0.29, 0.717) is 29.1 Å². The topological polar surface area (TPSA) is 87.5 Å². The van der Waals surface area contributed by atoms with Crippen molar-refractivity contribution in [2.24, 2.45) is 0 Å². The van der Waals surface area contributed by atoms with Crippen LogP contribution in [0.3, 0.4) is 0 Å². The molecule has 4 aromatic rings. The van der Waals surface area contributed by atoms with Crippen molar-refractivity contribution in [3.8, 4) is 17.0 Å². The van der Waals surface area contributed by atoms with E-state index < -0.39 is 0 Å². The molecule has 0 radical (unpaired) electrons. The lowest BCUT2D eigenvalue weighted by Crippen LogP contribution is -2.57. The fourth-order valence-corrected chi connectivity index (χ4v) is 5.60. The summed E-state index contributed by atoms with van der Waals surface area (Å²) in [5.74, 6) is 0.821. The molecule has 1 amide bonds. The molecule has 0 saturated carbocycles. The van der Waals surface area contributed by atoms with E-state index in [1.165, 1.54) is 28.2 Å². The summed E-state index contributed by atoms with van der Waals surface area (Å²) in [6, 6.07) is 14.8. The van der Waals surface area contributed by atoms with Crippen LogP contribution in [0.25, 0.3) is 22.2 Å². The molecular formula is C30H33N7O2. The van der Waals surface area contributed by atoms with Gasteiger partial charge in [0.15, 0.2) is 0 Å². The summed E-state index contributed by atoms with van der Waals surface area (Å²) >= 11 is 0. The number of nitrogens with one attached hydrogen (secondary N) is 2. The van der Waals surface area contributed by atoms with Gasteiger partial charge in [-0.2, -0.15) is 0 Å². The van der Waals surface area contributed by atoms with E-state index >= 15 is 0 Å². The van der Waals surface area contributed by atoms with Gasteiger partial charge < -0.3 is 29.7 Å². The maximum atomic E-state index is 12.3. The highest BCUT2D eigenvalue weighted by Crippen LogP contribution is 2.41. The van der Waals surface area contributed by atoms with Crippen LogP contribution in [-0.2, 0) is 17.8 Å². The molecule has 1 saturated heterocycles. The maximum absolute atomic E-state index is 12.3. The number of ether oxygens (including phenoxy) is 1. The molecule has 0 bridgehead atoms. The van der Waals surface area contributed by atoms with Crippen molar-refractivity contribution in [3.63, 3.8) is 0 Å². The summed E-state index contributed by atoms with van der Waals surface area (Å²) in [5, 5.41) is 7.51. The highest BCUT2D eigenvalue weighted by atomic mass is 16.5. The summed E-state index contributed by atoms with van der Waals surface area (Å²) in [6.45, 7) is 6.36. The quantitative estimate of drug-likeness (QED) is 0.325. The van der Waals surface area contributed by atoms with Crippen LogP contribution in [0.1, 0.15) is 12.1 Å². The number of rotatable bonds is 8. The van der Waals surface area contributed by atoms with Crippen LogP contribution < -0.4 is 20.3 Å². The van der Waals surface area contributed by atoms with Crippen molar-refractivity contribution in [1.82, 2.24) is 19.4 Å². The van der Waals surface area contributed by atoms with E-state index in [-0.39, 0.29) is 5.91 Å². The van der Waals surface area contributed by atoms with Crippen molar-refractivity contribution in [1.29, 1.82) is 0 Å². The fourth-order valence-electron chi connectivity index (χ4n) is 5.60. The number of benzene rings is 2. The van der Waals surface area contributed by atoms with Crippen molar-refractivity contribution >= 4 is 39.8 Å². The number of methoxy groups -OCH3 is 1. The molecule has 2 aliphatic heterocycles. The Kier molecular flexibility index (Phi) is 6.44. The SMILES string of the molecule is C=CC(=O)Nc1cc(Nc2nccc(-c3c4n(c5ccccc35)CCC4)n2)c(OC)cc1N1CC(N(C)C)C1. The van der Waals surface area contributed by atoms with Gasteiger partial charge in [-0.3, -0.25) is 4.79 Å². The Labute approximate surface area is 228 Å². The lowest BCUT2D eigenvalue weighted by molar-refractivity contribution is -0.111. The van der Waals surface area contributed by atoms with Gasteiger partial charge >= 0.3 is 0 Å². The molecule has 2 aromatic heterocycles. The van der Waals surface area contributed by atoms with E-state index in [2.05, 4.69) is 74.9 Å². The first-order valence-corrected chi connectivity index (χ1v) is 13.2. The second kappa shape index (κ2) is 10.1. The van der Waals surface area contributed by atoms with Crippen LogP contribution in [-0.4, -0.2) is 65.7 Å². The summed E-state index contributed by atoms with van der Waals surface area (Å²) in [4.78, 5) is 26.2. The van der Waals surface area contributed by atoms with Gasteiger partial charge in [0.25, 0.3) is 0 Å². The number of aromatic nitrogens is 3. The van der Waals surface area contributed by atoms with Crippen molar-refractivity contribution in [2.75, 3.05) is 49.8 Å². The fraction of sp³-hybridized carbons (Fsp3) is 0.300. The number of anilines is 4. The van der Waals surface area contributed by atoms with Gasteiger partial charge in [0.1, 0.15) is 5.75 Å². The smallest absolute Gasteiger partial charge is 0.247 e. The number of fused-ring (bicyclic) bond motifs is 3. The zero-order valence-corrected chi connectivity index (χ0v) is 22.6. The Balaban J connectivity index is 1.36. The third-order valence-corrected chi connectivity index (χ3v) is 7.73. The second-order valence-electron chi connectivity index (χ2n) is 10.3. The predicted octanol–water partition coefficient (Wildman–Crippen LogP) is 4.67. The molecule has 4 heterocycles. The summed E-state index contributed by atoms with van der Waals surface area (Å²) in [5.41, 5.74) is 6.85. The molecule has 200 valence electrons. The Hall–Kier alpha value is -4.37. The van der Waals surface area contributed by atoms with E-state index in [1.807, 2.05) is 18.2 Å². The number of nitrogens with zero attached hydrogens (tertiary/aromatic N) is 5. The molecule has 2 aromatic carbocycles. The monoisotopic (exact) mass is 523 g/mol. The highest BCUT2D eigenvalue weighted by molar-refractivity contribution is 6.02. The molecule has 0 spiro atoms. The molecule has 0 aliphatic carbocycles. The molecule has 39 heavy (non-hydrogen) atoms. The summed E-state index contributed by atoms with van der Waals surface area (Å²) in [7, 11) is 5.80. The van der Waals surface area contributed by atoms with Gasteiger partial charge in [-0.25, -0.2) is 9.97 Å². The first-order chi connectivity index (χ1) is 19.0. The van der Waals surface area contributed by atoms with Crippen molar-refractivity contribution < 1.29 is 9.53 Å². The molecule has 9 heteroatoms. The molecular weight excluding hydrogens is 490 g/mol. The molecule has 6 rings (SSSR count). The van der Waals surface area contributed by atoms with Gasteiger partial charge in [0.2, 0.25) is 11.9 Å². The lowest BCUT2D eigenvalue weighted by atomic mass is 10.0. The van der Waals surface area contributed by atoms with Gasteiger partial charge in [-0.15, -0.1) is 0 Å². The minimum atomic E-state index is -0.273. The third-order valence-electron chi connectivity index (χ3n) is 7.73. The Bertz CT molecular complexity index is 1570. The number of carbonyl (C=O) groups is 1. The Morgan fingerprint density at radius 1 is 1.18 bits per heavy atom. The average Bonchev–Trinajstić information content (AvgIpc) is 3.50. The normalized spacial score (nSPS) is 14.8. The Morgan fingerprint density at radius 3 is 2.77 bits per heavy atom. The maximum Gasteiger partial charge on any atom is 0.247 e. The van der Waals surface area contributed by atoms with E-state index in [0.717, 1.165) is 43.9 Å². The molecule has 2 N–H and O–H groups in total. The number of carbonyl (C=O) groups excluding carboxylic acids is 1. The molecule has 9 nitrogen and oxygen atoms in total. The van der Waals surface area contributed by atoms with Gasteiger partial charge in [-0.05, 0) is 51.2 Å². The molecule has 0 atom stereocenters. The van der Waals surface area contributed by atoms with Gasteiger partial charge in [-0.1, -0.05) is 24.8 Å². The minimum absolute atomic E-state index is 0.273. The predicted molar refractivity (Wildman–Crippen MR) is 156 cm³/mol. The minimum Gasteiger partial charge on any atom is -0.494 e. The third kappa shape index (κ3) is 4.48. The number of hydrogen-bond acceptors (Lipinski definition) is 7. The lowest BCUT2D eigenvalue weighted by Gasteiger charge is -2.45. The zero-order chi connectivity index (χ0) is 27.1. The van der Waals surface area contributed by atoms with Crippen LogP contribution >= 0.6 is 0 Å². The van der Waals surface area contributed by atoms with Crippen molar-refractivity contribution in [3.05, 3.63) is 67.0 Å². The first-order valence-electron chi connectivity index (χ1n) is 13.2. The highest BCUT2D eigenvalue weighted by Gasteiger charge is 2.31. The van der Waals surface area contributed by atoms with Crippen LogP contribution in [0, 0.1) is 0 Å². The van der Waals surface area contributed by atoms with E-state index in [9.17, 15) is 4.79 Å². The largest absolute Gasteiger partial charge is 0.494 e. The van der Waals surface area contributed by atoms with Gasteiger partial charge in [0.05, 0.1) is 29.9 Å². The number of para-hydroxylation sites is 1.